The molecule has 0 saturated carbocycles. The molecule has 0 unspecified atom stereocenters. The highest BCUT2D eigenvalue weighted by Gasteiger charge is 2.18. The Balaban J connectivity index is 2.12. The third-order valence-electron chi connectivity index (χ3n) is 3.60. The van der Waals surface area contributed by atoms with Gasteiger partial charge in [0.15, 0.2) is 6.10 Å². The van der Waals surface area contributed by atoms with E-state index in [9.17, 15) is 14.0 Å². The molecule has 0 spiro atoms. The van der Waals surface area contributed by atoms with Gasteiger partial charge >= 0.3 is 5.97 Å². The van der Waals surface area contributed by atoms with Crippen molar-refractivity contribution in [2.24, 2.45) is 0 Å². The number of hydrogen-bond donors (Lipinski definition) is 1. The summed E-state index contributed by atoms with van der Waals surface area (Å²) in [6.07, 6.45) is 1.74. The van der Waals surface area contributed by atoms with E-state index in [0.29, 0.717) is 16.9 Å². The standard InChI is InChI=1S/C19H21ClFN3O3/c1-11(2)22-19(26)13(4)27-17(25)10-9-16-12(3)23-24(18(16)20)15-7-5-14(21)6-8-15/h5-11,13H,1-4H3,(H,22,26)/b10-9+/t13-/m1/s1. The van der Waals surface area contributed by atoms with Gasteiger partial charge < -0.3 is 10.1 Å². The summed E-state index contributed by atoms with van der Waals surface area (Å²) in [6.45, 7) is 6.86. The zero-order valence-electron chi connectivity index (χ0n) is 15.5. The van der Waals surface area contributed by atoms with Crippen LogP contribution in [-0.2, 0) is 14.3 Å². The molecule has 1 heterocycles. The van der Waals surface area contributed by atoms with Crippen molar-refractivity contribution in [1.29, 1.82) is 0 Å². The maximum absolute atomic E-state index is 13.1. The maximum atomic E-state index is 13.1. The molecule has 8 heteroatoms. The third-order valence-corrected chi connectivity index (χ3v) is 3.96. The SMILES string of the molecule is Cc1nn(-c2ccc(F)cc2)c(Cl)c1/C=C/C(=O)O[C@H](C)C(=O)NC(C)C. The zero-order valence-corrected chi connectivity index (χ0v) is 16.2. The highest BCUT2D eigenvalue weighted by atomic mass is 35.5. The van der Waals surface area contributed by atoms with Crippen LogP contribution in [0.4, 0.5) is 4.39 Å². The largest absolute Gasteiger partial charge is 0.449 e. The maximum Gasteiger partial charge on any atom is 0.331 e. The van der Waals surface area contributed by atoms with Crippen molar-refractivity contribution in [2.45, 2.75) is 39.8 Å². The predicted molar refractivity (Wildman–Crippen MR) is 101 cm³/mol. The van der Waals surface area contributed by atoms with Gasteiger partial charge in [-0.25, -0.2) is 13.9 Å². The lowest BCUT2D eigenvalue weighted by Gasteiger charge is -2.14. The van der Waals surface area contributed by atoms with Crippen LogP contribution in [0.15, 0.2) is 30.3 Å². The Kier molecular flexibility index (Phi) is 6.74. The number of carbonyl (C=O) groups excluding carboxylic acids is 2. The van der Waals surface area contributed by atoms with Crippen molar-refractivity contribution in [3.63, 3.8) is 0 Å². The van der Waals surface area contributed by atoms with E-state index >= 15 is 0 Å². The lowest BCUT2D eigenvalue weighted by molar-refractivity contribution is -0.150. The summed E-state index contributed by atoms with van der Waals surface area (Å²) in [7, 11) is 0. The minimum Gasteiger partial charge on any atom is -0.449 e. The number of aryl methyl sites for hydroxylation is 1. The smallest absolute Gasteiger partial charge is 0.331 e. The number of halogens is 2. The molecule has 1 aromatic heterocycles. The first-order valence-corrected chi connectivity index (χ1v) is 8.77. The summed E-state index contributed by atoms with van der Waals surface area (Å²) in [5, 5.41) is 7.24. The highest BCUT2D eigenvalue weighted by molar-refractivity contribution is 6.31. The van der Waals surface area contributed by atoms with E-state index in [2.05, 4.69) is 10.4 Å². The van der Waals surface area contributed by atoms with Crippen LogP contribution < -0.4 is 5.32 Å². The summed E-state index contributed by atoms with van der Waals surface area (Å²) in [4.78, 5) is 23.7. The second kappa shape index (κ2) is 8.81. The van der Waals surface area contributed by atoms with Gasteiger partial charge in [-0.05, 0) is 58.0 Å². The second-order valence-electron chi connectivity index (χ2n) is 6.25. The van der Waals surface area contributed by atoms with Gasteiger partial charge in [0.05, 0.1) is 11.4 Å². The first-order valence-electron chi connectivity index (χ1n) is 8.39. The predicted octanol–water partition coefficient (Wildman–Crippen LogP) is 3.44. The molecule has 6 nitrogen and oxygen atoms in total. The van der Waals surface area contributed by atoms with Gasteiger partial charge in [0.2, 0.25) is 0 Å². The summed E-state index contributed by atoms with van der Waals surface area (Å²) in [5.74, 6) is -1.41. The molecule has 1 amide bonds. The fraction of sp³-hybridized carbons (Fsp3) is 0.316. The monoisotopic (exact) mass is 393 g/mol. The van der Waals surface area contributed by atoms with Crippen molar-refractivity contribution in [2.75, 3.05) is 0 Å². The lowest BCUT2D eigenvalue weighted by atomic mass is 10.2. The van der Waals surface area contributed by atoms with Gasteiger partial charge in [-0.15, -0.1) is 0 Å². The summed E-state index contributed by atoms with van der Waals surface area (Å²) < 4.78 is 19.6. The van der Waals surface area contributed by atoms with Gasteiger partial charge in [-0.3, -0.25) is 4.79 Å². The zero-order chi connectivity index (χ0) is 20.1. The molecule has 1 aromatic carbocycles. The molecule has 0 aliphatic carbocycles. The highest BCUT2D eigenvalue weighted by Crippen LogP contribution is 2.24. The summed E-state index contributed by atoms with van der Waals surface area (Å²) >= 11 is 6.34. The molecule has 0 fully saturated rings. The third kappa shape index (κ3) is 5.40. The van der Waals surface area contributed by atoms with Gasteiger partial charge in [-0.1, -0.05) is 11.6 Å². The molecule has 0 aliphatic rings. The number of amides is 1. The van der Waals surface area contributed by atoms with Crippen LogP contribution in [0.2, 0.25) is 5.15 Å². The number of benzene rings is 1. The Morgan fingerprint density at radius 2 is 1.89 bits per heavy atom. The lowest BCUT2D eigenvalue weighted by Crippen LogP contribution is -2.39. The van der Waals surface area contributed by atoms with E-state index in [1.807, 2.05) is 13.8 Å². The van der Waals surface area contributed by atoms with Crippen molar-refractivity contribution in [3.05, 3.63) is 52.6 Å². The fourth-order valence-electron chi connectivity index (χ4n) is 2.27. The Labute approximate surface area is 162 Å². The normalized spacial score (nSPS) is 12.4. The molecule has 1 N–H and O–H groups in total. The number of rotatable bonds is 6. The number of carbonyl (C=O) groups is 2. The number of nitrogens with one attached hydrogen (secondary N) is 1. The van der Waals surface area contributed by atoms with E-state index in [0.717, 1.165) is 0 Å². The van der Waals surface area contributed by atoms with Crippen LogP contribution in [0.3, 0.4) is 0 Å². The molecular formula is C19H21ClFN3O3. The van der Waals surface area contributed by atoms with Gasteiger partial charge in [-0.2, -0.15) is 5.10 Å². The van der Waals surface area contributed by atoms with Crippen LogP contribution in [0, 0.1) is 12.7 Å². The van der Waals surface area contributed by atoms with E-state index in [-0.39, 0.29) is 22.9 Å². The van der Waals surface area contributed by atoms with Crippen LogP contribution in [0.5, 0.6) is 0 Å². The summed E-state index contributed by atoms with van der Waals surface area (Å²) in [6, 6.07) is 5.65. The minimum atomic E-state index is -0.914. The number of hydrogen-bond acceptors (Lipinski definition) is 4. The number of ether oxygens (including phenoxy) is 1. The fourth-order valence-corrected chi connectivity index (χ4v) is 2.61. The van der Waals surface area contributed by atoms with Crippen molar-refractivity contribution < 1.29 is 18.7 Å². The van der Waals surface area contributed by atoms with E-state index in [1.54, 1.807) is 19.1 Å². The molecule has 2 rings (SSSR count). The van der Waals surface area contributed by atoms with E-state index < -0.39 is 12.1 Å². The topological polar surface area (TPSA) is 73.2 Å². The molecular weight excluding hydrogens is 373 g/mol. The van der Waals surface area contributed by atoms with Gasteiger partial charge in [0, 0.05) is 17.7 Å². The Morgan fingerprint density at radius 3 is 2.48 bits per heavy atom. The molecule has 0 saturated heterocycles. The Hall–Kier alpha value is -2.67. The summed E-state index contributed by atoms with van der Waals surface area (Å²) in [5.41, 5.74) is 1.70. The number of esters is 1. The van der Waals surface area contributed by atoms with Gasteiger partial charge in [0.25, 0.3) is 5.91 Å². The average Bonchev–Trinajstić information content (AvgIpc) is 2.87. The minimum absolute atomic E-state index is 0.0482. The molecule has 0 aliphatic heterocycles. The van der Waals surface area contributed by atoms with E-state index in [1.165, 1.54) is 35.9 Å². The second-order valence-corrected chi connectivity index (χ2v) is 6.61. The average molecular weight is 394 g/mol. The molecule has 0 radical (unpaired) electrons. The van der Waals surface area contributed by atoms with Crippen LogP contribution in [0.25, 0.3) is 11.8 Å². The number of nitrogens with zero attached hydrogens (tertiary/aromatic N) is 2. The van der Waals surface area contributed by atoms with Crippen molar-refractivity contribution in [1.82, 2.24) is 15.1 Å². The molecule has 0 bridgehead atoms. The molecule has 2 aromatic rings. The first kappa shape index (κ1) is 20.6. The number of aromatic nitrogens is 2. The Bertz CT molecular complexity index is 860. The molecule has 1 atom stereocenters. The van der Waals surface area contributed by atoms with Crippen LogP contribution in [0.1, 0.15) is 32.0 Å². The van der Waals surface area contributed by atoms with Crippen molar-refractivity contribution in [3.8, 4) is 5.69 Å². The Morgan fingerprint density at radius 1 is 1.26 bits per heavy atom. The van der Waals surface area contributed by atoms with Gasteiger partial charge in [0.1, 0.15) is 11.0 Å². The molecule has 27 heavy (non-hydrogen) atoms. The molecule has 144 valence electrons. The van der Waals surface area contributed by atoms with Crippen LogP contribution in [-0.4, -0.2) is 33.8 Å². The van der Waals surface area contributed by atoms with Crippen LogP contribution >= 0.6 is 11.6 Å². The first-order chi connectivity index (χ1) is 12.7. The van der Waals surface area contributed by atoms with Crippen molar-refractivity contribution >= 4 is 29.6 Å². The quantitative estimate of drug-likeness (QED) is 0.602. The van der Waals surface area contributed by atoms with E-state index in [4.69, 9.17) is 16.3 Å².